The van der Waals surface area contributed by atoms with Gasteiger partial charge in [0.05, 0.1) is 6.04 Å². The Balaban J connectivity index is 1.47. The second kappa shape index (κ2) is 16.2. The zero-order valence-electron chi connectivity index (χ0n) is 23.9. The van der Waals surface area contributed by atoms with Gasteiger partial charge in [-0.05, 0) is 71.2 Å². The zero-order chi connectivity index (χ0) is 30.6. The van der Waals surface area contributed by atoms with Gasteiger partial charge in [0.1, 0.15) is 5.82 Å². The van der Waals surface area contributed by atoms with E-state index in [1.165, 1.54) is 18.2 Å². The van der Waals surface area contributed by atoms with Crippen molar-refractivity contribution >= 4 is 46.4 Å². The minimum absolute atomic E-state index is 0.00828. The average Bonchev–Trinajstić information content (AvgIpc) is 3.15. The summed E-state index contributed by atoms with van der Waals surface area (Å²) in [6.07, 6.45) is 4.66. The van der Waals surface area contributed by atoms with Crippen LogP contribution in [0.25, 0.3) is 6.08 Å². The molecule has 8 nitrogen and oxygen atoms in total. The molecule has 10 heteroatoms. The van der Waals surface area contributed by atoms with E-state index in [1.807, 2.05) is 63.9 Å². The van der Waals surface area contributed by atoms with Crippen molar-refractivity contribution < 1.29 is 14.0 Å². The van der Waals surface area contributed by atoms with Crippen molar-refractivity contribution in [3.8, 4) is 0 Å². The van der Waals surface area contributed by atoms with E-state index in [0.29, 0.717) is 51.0 Å². The molecule has 0 spiro atoms. The summed E-state index contributed by atoms with van der Waals surface area (Å²) in [5.41, 5.74) is 8.09. The molecule has 0 aromatic heterocycles. The van der Waals surface area contributed by atoms with Gasteiger partial charge in [0.25, 0.3) is 0 Å². The van der Waals surface area contributed by atoms with Crippen molar-refractivity contribution in [3.05, 3.63) is 111 Å². The molecule has 1 aliphatic rings. The number of nitrogens with one attached hydrogen (secondary N) is 4. The minimum Gasteiger partial charge on any atom is -0.370 e. The van der Waals surface area contributed by atoms with Crippen molar-refractivity contribution in [3.63, 3.8) is 0 Å². The summed E-state index contributed by atoms with van der Waals surface area (Å²) >= 11 is 2.04. The molecule has 4 rings (SSSR count). The molecule has 2 amide bonds. The fourth-order valence-corrected chi connectivity index (χ4v) is 5.91. The number of rotatable bonds is 12. The highest BCUT2D eigenvalue weighted by molar-refractivity contribution is 14.1. The van der Waals surface area contributed by atoms with Crippen LogP contribution in [0.1, 0.15) is 41.9 Å². The Bertz CT molecular complexity index is 1350. The Hall–Kier alpha value is -3.77. The molecule has 3 aromatic rings. The predicted octanol–water partition coefficient (Wildman–Crippen LogP) is 4.21. The van der Waals surface area contributed by atoms with Crippen molar-refractivity contribution in [1.29, 1.82) is 5.41 Å². The van der Waals surface area contributed by atoms with Gasteiger partial charge >= 0.3 is 0 Å². The monoisotopic (exact) mass is 696 g/mol. The van der Waals surface area contributed by atoms with Gasteiger partial charge in [-0.2, -0.15) is 0 Å². The number of nitrogens with two attached hydrogens (primary N) is 1. The van der Waals surface area contributed by atoms with Crippen LogP contribution in [0.2, 0.25) is 0 Å². The SMILES string of the molecule is N=C(N)NCCC[C@@H]1N[C@H](CNC(=O)/C=C/c2c(F)cccc2I)CCN(CC(c2ccccc2)c2ccccc2)C1=O. The van der Waals surface area contributed by atoms with E-state index in [-0.39, 0.29) is 35.6 Å². The van der Waals surface area contributed by atoms with Crippen LogP contribution in [0.4, 0.5) is 4.39 Å². The molecule has 226 valence electrons. The summed E-state index contributed by atoms with van der Waals surface area (Å²) in [6.45, 7) is 1.87. The summed E-state index contributed by atoms with van der Waals surface area (Å²) in [5.74, 6) is -0.791. The summed E-state index contributed by atoms with van der Waals surface area (Å²) in [4.78, 5) is 28.5. The van der Waals surface area contributed by atoms with E-state index in [0.717, 1.165) is 14.7 Å². The summed E-state index contributed by atoms with van der Waals surface area (Å²) in [6, 6.07) is 24.6. The largest absolute Gasteiger partial charge is 0.370 e. The molecule has 3 aromatic carbocycles. The maximum atomic E-state index is 14.2. The first kappa shape index (κ1) is 32.2. The standard InChI is InChI=1S/C33H38FIN6O2/c34-28-13-7-14-29(35)26(28)16-17-31(42)39-21-25-18-20-41(32(43)30(40-25)15-8-19-38-33(36)37)22-27(23-9-3-1-4-10-23)24-11-5-2-6-12-24/h1-7,9-14,16-17,25,27,30,40H,8,15,18-22H2,(H,39,42)(H4,36,37,38)/b17-16+/t25-,30-/m0/s1. The van der Waals surface area contributed by atoms with Gasteiger partial charge in [0, 0.05) is 53.3 Å². The topological polar surface area (TPSA) is 123 Å². The van der Waals surface area contributed by atoms with Gasteiger partial charge in [0.2, 0.25) is 11.8 Å². The molecule has 2 atom stereocenters. The van der Waals surface area contributed by atoms with Crippen LogP contribution in [0, 0.1) is 14.8 Å². The molecule has 1 aliphatic heterocycles. The molecule has 0 bridgehead atoms. The van der Waals surface area contributed by atoms with E-state index < -0.39 is 6.04 Å². The third-order valence-corrected chi connectivity index (χ3v) is 8.45. The molecular formula is C33H38FIN6O2. The molecule has 6 N–H and O–H groups in total. The van der Waals surface area contributed by atoms with Crippen molar-refractivity contribution in [2.24, 2.45) is 5.73 Å². The van der Waals surface area contributed by atoms with E-state index >= 15 is 0 Å². The molecule has 43 heavy (non-hydrogen) atoms. The molecular weight excluding hydrogens is 658 g/mol. The second-order valence-corrected chi connectivity index (χ2v) is 11.7. The first-order valence-electron chi connectivity index (χ1n) is 14.4. The lowest BCUT2D eigenvalue weighted by molar-refractivity contribution is -0.133. The Morgan fingerprint density at radius 1 is 1.07 bits per heavy atom. The van der Waals surface area contributed by atoms with Crippen LogP contribution in [0.15, 0.2) is 84.9 Å². The van der Waals surface area contributed by atoms with Gasteiger partial charge in [-0.15, -0.1) is 0 Å². The van der Waals surface area contributed by atoms with Crippen LogP contribution in [-0.2, 0) is 9.59 Å². The lowest BCUT2D eigenvalue weighted by Gasteiger charge is -2.29. The van der Waals surface area contributed by atoms with Gasteiger partial charge < -0.3 is 26.6 Å². The number of carbonyl (C=O) groups excluding carboxylic acids is 2. The molecule has 1 fully saturated rings. The maximum absolute atomic E-state index is 14.2. The highest BCUT2D eigenvalue weighted by atomic mass is 127. The summed E-state index contributed by atoms with van der Waals surface area (Å²) < 4.78 is 14.9. The van der Waals surface area contributed by atoms with Gasteiger partial charge in [-0.3, -0.25) is 15.0 Å². The summed E-state index contributed by atoms with van der Waals surface area (Å²) in [7, 11) is 0. The minimum atomic E-state index is -0.458. The highest BCUT2D eigenvalue weighted by Crippen LogP contribution is 2.27. The third-order valence-electron chi connectivity index (χ3n) is 7.51. The van der Waals surface area contributed by atoms with E-state index in [9.17, 15) is 14.0 Å². The number of carbonyl (C=O) groups is 2. The normalized spacial score (nSPS) is 17.2. The Morgan fingerprint density at radius 2 is 1.74 bits per heavy atom. The Morgan fingerprint density at radius 3 is 2.37 bits per heavy atom. The van der Waals surface area contributed by atoms with Crippen LogP contribution in [0.5, 0.6) is 0 Å². The molecule has 0 aliphatic carbocycles. The lowest BCUT2D eigenvalue weighted by atomic mass is 9.90. The molecule has 0 radical (unpaired) electrons. The van der Waals surface area contributed by atoms with Crippen molar-refractivity contribution in [2.75, 3.05) is 26.2 Å². The number of amides is 2. The van der Waals surface area contributed by atoms with E-state index in [2.05, 4.69) is 40.2 Å². The number of hydrogen-bond acceptors (Lipinski definition) is 4. The number of hydrogen-bond donors (Lipinski definition) is 5. The van der Waals surface area contributed by atoms with Crippen molar-refractivity contribution in [1.82, 2.24) is 20.9 Å². The second-order valence-electron chi connectivity index (χ2n) is 10.6. The molecule has 1 heterocycles. The fraction of sp³-hybridized carbons (Fsp3) is 0.303. The molecule has 0 saturated carbocycles. The predicted molar refractivity (Wildman–Crippen MR) is 177 cm³/mol. The van der Waals surface area contributed by atoms with Gasteiger partial charge in [-0.25, -0.2) is 4.39 Å². The lowest BCUT2D eigenvalue weighted by Crippen LogP contribution is -2.49. The third kappa shape index (κ3) is 9.62. The first-order valence-corrected chi connectivity index (χ1v) is 15.5. The Kier molecular flexibility index (Phi) is 12.1. The van der Waals surface area contributed by atoms with Crippen LogP contribution >= 0.6 is 22.6 Å². The smallest absolute Gasteiger partial charge is 0.244 e. The van der Waals surface area contributed by atoms with Gasteiger partial charge in [0.15, 0.2) is 5.96 Å². The number of halogens is 2. The Labute approximate surface area is 266 Å². The van der Waals surface area contributed by atoms with Gasteiger partial charge in [-0.1, -0.05) is 66.7 Å². The molecule has 1 saturated heterocycles. The van der Waals surface area contributed by atoms with Crippen LogP contribution < -0.4 is 21.7 Å². The maximum Gasteiger partial charge on any atom is 0.244 e. The quantitative estimate of drug-likeness (QED) is 0.0639. The van der Waals surface area contributed by atoms with Crippen LogP contribution in [-0.4, -0.2) is 60.9 Å². The first-order chi connectivity index (χ1) is 20.8. The number of guanidine groups is 1. The molecule has 0 unspecified atom stereocenters. The highest BCUT2D eigenvalue weighted by Gasteiger charge is 2.32. The number of nitrogens with zero attached hydrogens (tertiary/aromatic N) is 1. The number of benzene rings is 3. The van der Waals surface area contributed by atoms with Crippen LogP contribution in [0.3, 0.4) is 0 Å². The average molecular weight is 697 g/mol. The zero-order valence-corrected chi connectivity index (χ0v) is 26.1. The van der Waals surface area contributed by atoms with Crippen molar-refractivity contribution in [2.45, 2.75) is 37.3 Å². The fourth-order valence-electron chi connectivity index (χ4n) is 5.27. The van der Waals surface area contributed by atoms with E-state index in [1.54, 1.807) is 12.1 Å². The summed E-state index contributed by atoms with van der Waals surface area (Å²) in [5, 5.41) is 16.6. The van der Waals surface area contributed by atoms with E-state index in [4.69, 9.17) is 11.1 Å².